The van der Waals surface area contributed by atoms with Crippen LogP contribution in [0.1, 0.15) is 30.9 Å². The molecule has 0 fully saturated rings. The first-order valence-corrected chi connectivity index (χ1v) is 11.7. The van der Waals surface area contributed by atoms with E-state index in [9.17, 15) is 8.42 Å². The second-order valence-electron chi connectivity index (χ2n) is 7.35. The number of hydrogen-bond donors (Lipinski definition) is 1. The highest BCUT2D eigenvalue weighted by Crippen LogP contribution is 2.32. The van der Waals surface area contributed by atoms with Crippen LogP contribution in [0.2, 0.25) is 0 Å². The lowest BCUT2D eigenvalue weighted by Crippen LogP contribution is -2.13. The molecule has 4 rings (SSSR count). The fourth-order valence-electron chi connectivity index (χ4n) is 3.14. The maximum absolute atomic E-state index is 12.8. The molecule has 0 saturated carbocycles. The fourth-order valence-corrected chi connectivity index (χ4v) is 5.24. The molecule has 0 aliphatic heterocycles. The summed E-state index contributed by atoms with van der Waals surface area (Å²) in [5, 5.41) is 0.924. The molecular formula is C23H22N2O2S2. The number of sulfonamides is 1. The molecule has 1 heterocycles. The summed E-state index contributed by atoms with van der Waals surface area (Å²) in [5.74, 6) is 0.358. The Hall–Kier alpha value is -2.70. The Morgan fingerprint density at radius 2 is 1.69 bits per heavy atom. The van der Waals surface area contributed by atoms with Crippen LogP contribution in [0.25, 0.3) is 20.8 Å². The van der Waals surface area contributed by atoms with E-state index in [2.05, 4.69) is 29.6 Å². The quantitative estimate of drug-likeness (QED) is 0.417. The van der Waals surface area contributed by atoms with Gasteiger partial charge in [0.1, 0.15) is 5.01 Å². The van der Waals surface area contributed by atoms with Gasteiger partial charge in [0.2, 0.25) is 0 Å². The number of thiazole rings is 1. The summed E-state index contributed by atoms with van der Waals surface area (Å²) in [6.45, 7) is 6.06. The van der Waals surface area contributed by atoms with Gasteiger partial charge in [-0.15, -0.1) is 11.3 Å². The van der Waals surface area contributed by atoms with Crippen LogP contribution in [0.15, 0.2) is 71.6 Å². The molecule has 0 atom stereocenters. The molecule has 0 unspecified atom stereocenters. The van der Waals surface area contributed by atoms with E-state index < -0.39 is 10.0 Å². The van der Waals surface area contributed by atoms with Gasteiger partial charge in [0.25, 0.3) is 10.0 Å². The molecule has 6 heteroatoms. The number of hydrogen-bond acceptors (Lipinski definition) is 4. The molecule has 0 saturated heterocycles. The molecule has 0 spiro atoms. The van der Waals surface area contributed by atoms with Crippen molar-refractivity contribution in [1.29, 1.82) is 0 Å². The first kappa shape index (κ1) is 19.6. The molecule has 0 radical (unpaired) electrons. The second-order valence-corrected chi connectivity index (χ2v) is 10.1. The van der Waals surface area contributed by atoms with Gasteiger partial charge in [0.15, 0.2) is 0 Å². The Labute approximate surface area is 175 Å². The first-order chi connectivity index (χ1) is 13.8. The number of benzene rings is 3. The van der Waals surface area contributed by atoms with E-state index in [1.54, 1.807) is 29.5 Å². The van der Waals surface area contributed by atoms with E-state index in [-0.39, 0.29) is 4.90 Å². The molecule has 1 N–H and O–H groups in total. The van der Waals surface area contributed by atoms with Crippen molar-refractivity contribution < 1.29 is 8.42 Å². The van der Waals surface area contributed by atoms with Crippen molar-refractivity contribution >= 4 is 37.3 Å². The smallest absolute Gasteiger partial charge is 0.261 e. The summed E-state index contributed by atoms with van der Waals surface area (Å²) in [6, 6.07) is 20.7. The van der Waals surface area contributed by atoms with Gasteiger partial charge >= 0.3 is 0 Å². The SMILES string of the molecule is Cc1cc(-c2nc3ccccc3s2)ccc1NS(=O)(=O)c1ccc(C(C)C)cc1. The van der Waals surface area contributed by atoms with Gasteiger partial charge in [0, 0.05) is 5.56 Å². The number of fused-ring (bicyclic) bond motifs is 1. The maximum atomic E-state index is 12.8. The van der Waals surface area contributed by atoms with Gasteiger partial charge in [-0.1, -0.05) is 38.1 Å². The van der Waals surface area contributed by atoms with Crippen LogP contribution in [0.5, 0.6) is 0 Å². The van der Waals surface area contributed by atoms with Crippen molar-refractivity contribution in [3.63, 3.8) is 0 Å². The van der Waals surface area contributed by atoms with Crippen molar-refractivity contribution in [2.45, 2.75) is 31.6 Å². The molecule has 4 nitrogen and oxygen atoms in total. The minimum Gasteiger partial charge on any atom is -0.279 e. The molecule has 3 aromatic carbocycles. The van der Waals surface area contributed by atoms with E-state index in [1.165, 1.54) is 0 Å². The Balaban J connectivity index is 1.60. The number of rotatable bonds is 5. The average Bonchev–Trinajstić information content (AvgIpc) is 3.14. The number of aryl methyl sites for hydroxylation is 1. The van der Waals surface area contributed by atoms with Gasteiger partial charge in [0.05, 0.1) is 20.8 Å². The van der Waals surface area contributed by atoms with Crippen LogP contribution in [0.3, 0.4) is 0 Å². The monoisotopic (exact) mass is 422 g/mol. The molecule has 148 valence electrons. The second kappa shape index (κ2) is 7.61. The minimum absolute atomic E-state index is 0.261. The molecule has 1 aromatic heterocycles. The molecule has 29 heavy (non-hydrogen) atoms. The fraction of sp³-hybridized carbons (Fsp3) is 0.174. The Kier molecular flexibility index (Phi) is 5.15. The third-order valence-electron chi connectivity index (χ3n) is 4.87. The van der Waals surface area contributed by atoms with Gasteiger partial charge in [-0.3, -0.25) is 4.72 Å². The topological polar surface area (TPSA) is 59.1 Å². The van der Waals surface area contributed by atoms with Crippen LogP contribution in [0.4, 0.5) is 5.69 Å². The third-order valence-corrected chi connectivity index (χ3v) is 7.34. The van der Waals surface area contributed by atoms with Crippen molar-refractivity contribution in [3.8, 4) is 10.6 Å². The largest absolute Gasteiger partial charge is 0.279 e. The molecule has 0 amide bonds. The standard InChI is InChI=1S/C23H22N2O2S2/c1-15(2)17-8-11-19(12-9-17)29(26,27)25-20-13-10-18(14-16(20)3)23-24-21-6-4-5-7-22(21)28-23/h4-15,25H,1-3H3. The lowest BCUT2D eigenvalue weighted by Gasteiger charge is -2.12. The number of anilines is 1. The Morgan fingerprint density at radius 1 is 0.966 bits per heavy atom. The third kappa shape index (κ3) is 4.04. The van der Waals surface area contributed by atoms with Gasteiger partial charge in [-0.05, 0) is 66.4 Å². The Morgan fingerprint density at radius 3 is 2.34 bits per heavy atom. The van der Waals surface area contributed by atoms with Gasteiger partial charge in [-0.25, -0.2) is 13.4 Å². The van der Waals surface area contributed by atoms with Crippen LogP contribution in [-0.2, 0) is 10.0 Å². The number of nitrogens with zero attached hydrogens (tertiary/aromatic N) is 1. The first-order valence-electron chi connectivity index (χ1n) is 9.43. The summed E-state index contributed by atoms with van der Waals surface area (Å²) in [5.41, 5.74) is 4.49. The van der Waals surface area contributed by atoms with E-state index in [4.69, 9.17) is 0 Å². The number of aromatic nitrogens is 1. The zero-order valence-corrected chi connectivity index (χ0v) is 18.1. The summed E-state index contributed by atoms with van der Waals surface area (Å²) < 4.78 is 29.4. The lowest BCUT2D eigenvalue weighted by atomic mass is 10.0. The summed E-state index contributed by atoms with van der Waals surface area (Å²) in [6.07, 6.45) is 0. The average molecular weight is 423 g/mol. The zero-order valence-electron chi connectivity index (χ0n) is 16.5. The highest BCUT2D eigenvalue weighted by molar-refractivity contribution is 7.92. The van der Waals surface area contributed by atoms with Crippen LogP contribution in [-0.4, -0.2) is 13.4 Å². The minimum atomic E-state index is -3.64. The summed E-state index contributed by atoms with van der Waals surface area (Å²) in [7, 11) is -3.64. The summed E-state index contributed by atoms with van der Waals surface area (Å²) in [4.78, 5) is 4.94. The summed E-state index contributed by atoms with van der Waals surface area (Å²) >= 11 is 1.63. The molecule has 0 aliphatic rings. The van der Waals surface area contributed by atoms with E-state index in [0.717, 1.165) is 31.9 Å². The zero-order chi connectivity index (χ0) is 20.6. The van der Waals surface area contributed by atoms with Crippen LogP contribution in [0, 0.1) is 6.92 Å². The molecule has 0 aliphatic carbocycles. The van der Waals surface area contributed by atoms with Crippen molar-refractivity contribution in [1.82, 2.24) is 4.98 Å². The Bertz CT molecular complexity index is 1240. The highest BCUT2D eigenvalue weighted by atomic mass is 32.2. The van der Waals surface area contributed by atoms with Gasteiger partial charge in [-0.2, -0.15) is 0 Å². The predicted octanol–water partition coefficient (Wildman–Crippen LogP) is 6.20. The highest BCUT2D eigenvalue weighted by Gasteiger charge is 2.16. The van der Waals surface area contributed by atoms with E-state index >= 15 is 0 Å². The molecule has 0 bridgehead atoms. The maximum Gasteiger partial charge on any atom is 0.261 e. The predicted molar refractivity (Wildman–Crippen MR) is 121 cm³/mol. The molecular weight excluding hydrogens is 400 g/mol. The van der Waals surface area contributed by atoms with Crippen molar-refractivity contribution in [2.75, 3.05) is 4.72 Å². The number of nitrogens with one attached hydrogen (secondary N) is 1. The van der Waals surface area contributed by atoms with Crippen molar-refractivity contribution in [2.24, 2.45) is 0 Å². The molecule has 4 aromatic rings. The van der Waals surface area contributed by atoms with E-state index in [1.807, 2.05) is 49.4 Å². The van der Waals surface area contributed by atoms with Crippen LogP contribution < -0.4 is 4.72 Å². The van der Waals surface area contributed by atoms with E-state index in [0.29, 0.717) is 11.6 Å². The number of para-hydroxylation sites is 1. The van der Waals surface area contributed by atoms with Gasteiger partial charge < -0.3 is 0 Å². The normalized spacial score (nSPS) is 11.9. The van der Waals surface area contributed by atoms with Crippen LogP contribution >= 0.6 is 11.3 Å². The lowest BCUT2D eigenvalue weighted by molar-refractivity contribution is 0.601. The van der Waals surface area contributed by atoms with Crippen molar-refractivity contribution in [3.05, 3.63) is 77.9 Å².